The number of nitrogens with zero attached hydrogens (tertiary/aromatic N) is 8. The SMILES string of the molecule is COc1ccc(/N=N/c2cc(OCCO)c(/N=N/c3c(S(=O)(=O)O)cc4cc(-n5nc(CC(=O)O)c(/N=N/c6ccccc6C(F)(F)F)c5O)ccc4c3O)cc2OCCO)c(S(=O)(=O)O)c1. The zero-order valence-electron chi connectivity index (χ0n) is 34.0. The standard InChI is InChI=1S/C39H33F3N8O15S2/c1-63-22-7-9-26(32(16-22)66(57,58)59)44-45-27-17-31(65-13-11-52)28(18-30(27)64-12-10-51)46-48-36-33(67(60,61)62)15-20-14-21(6-8-23(20)37(36)55)50-38(56)35(29(49-50)19-34(53)54)47-43-25-5-3-2-4-24(25)39(40,41)42/h2-9,14-18,51-52,55-56H,10-13,19H2,1H3,(H,53,54)(H,57,58,59)(H,60,61,62)/b45-44+,47-43+,48-46+. The van der Waals surface area contributed by atoms with Gasteiger partial charge < -0.3 is 39.7 Å². The van der Waals surface area contributed by atoms with Gasteiger partial charge in [-0.25, -0.2) is 0 Å². The van der Waals surface area contributed by atoms with Crippen molar-refractivity contribution in [3.05, 3.63) is 90.1 Å². The first-order chi connectivity index (χ1) is 31.6. The van der Waals surface area contributed by atoms with Gasteiger partial charge in [0.2, 0.25) is 5.88 Å². The number of hydrogen-bond donors (Lipinski definition) is 7. The van der Waals surface area contributed by atoms with Crippen LogP contribution in [0.4, 0.5) is 47.3 Å². The van der Waals surface area contributed by atoms with Crippen LogP contribution in [0.2, 0.25) is 0 Å². The third-order valence-electron chi connectivity index (χ3n) is 8.96. The normalized spacial score (nSPS) is 12.5. The van der Waals surface area contributed by atoms with Crippen molar-refractivity contribution in [1.29, 1.82) is 0 Å². The van der Waals surface area contributed by atoms with Crippen LogP contribution in [0.3, 0.4) is 0 Å². The molecule has 0 unspecified atom stereocenters. The number of carboxylic acid groups (broad SMARTS) is 1. The van der Waals surface area contributed by atoms with E-state index >= 15 is 0 Å². The summed E-state index contributed by atoms with van der Waals surface area (Å²) in [6, 6.07) is 14.2. The number of phenols is 1. The summed E-state index contributed by atoms with van der Waals surface area (Å²) in [5.74, 6) is -3.64. The summed E-state index contributed by atoms with van der Waals surface area (Å²) in [5.41, 5.74) is -4.70. The largest absolute Gasteiger partial charge is 0.505 e. The van der Waals surface area contributed by atoms with Gasteiger partial charge in [0.05, 0.1) is 43.7 Å². The number of aromatic hydroxyl groups is 2. The lowest BCUT2D eigenvalue weighted by Gasteiger charge is -2.13. The predicted molar refractivity (Wildman–Crippen MR) is 224 cm³/mol. The minimum atomic E-state index is -5.28. The fourth-order valence-electron chi connectivity index (χ4n) is 6.02. The molecule has 0 atom stereocenters. The predicted octanol–water partition coefficient (Wildman–Crippen LogP) is 7.57. The third kappa shape index (κ3) is 11.3. The number of benzene rings is 5. The number of hydrogen-bond acceptors (Lipinski definition) is 19. The molecular weight excluding hydrogens is 942 g/mol. The Morgan fingerprint density at radius 2 is 1.30 bits per heavy atom. The molecule has 0 saturated heterocycles. The van der Waals surface area contributed by atoms with Crippen LogP contribution in [0.5, 0.6) is 28.9 Å². The molecule has 6 rings (SSSR count). The van der Waals surface area contributed by atoms with Gasteiger partial charge in [0.1, 0.15) is 68.7 Å². The zero-order valence-corrected chi connectivity index (χ0v) is 35.6. The van der Waals surface area contributed by atoms with Crippen molar-refractivity contribution in [1.82, 2.24) is 9.78 Å². The molecule has 23 nitrogen and oxygen atoms in total. The maximum Gasteiger partial charge on any atom is 0.418 e. The maximum atomic E-state index is 13.6. The summed E-state index contributed by atoms with van der Waals surface area (Å²) >= 11 is 0. The van der Waals surface area contributed by atoms with E-state index in [4.69, 9.17) is 14.2 Å². The van der Waals surface area contributed by atoms with Gasteiger partial charge in [-0.05, 0) is 53.9 Å². The number of aliphatic carboxylic acids is 1. The summed E-state index contributed by atoms with van der Waals surface area (Å²) in [5, 5.41) is 77.9. The fourth-order valence-corrected chi connectivity index (χ4v) is 7.31. The van der Waals surface area contributed by atoms with Gasteiger partial charge in [0.25, 0.3) is 20.2 Å². The molecule has 0 amide bonds. The Morgan fingerprint density at radius 3 is 1.88 bits per heavy atom. The van der Waals surface area contributed by atoms with Crippen LogP contribution in [0.25, 0.3) is 16.5 Å². The number of phenolic OH excluding ortho intramolecular Hbond substituents is 1. The average molecular weight is 975 g/mol. The topological polar surface area (TPSA) is 347 Å². The van der Waals surface area contributed by atoms with E-state index in [-0.39, 0.29) is 64.0 Å². The highest BCUT2D eigenvalue weighted by atomic mass is 32.2. The summed E-state index contributed by atoms with van der Waals surface area (Å²) in [6.07, 6.45) is -5.73. The van der Waals surface area contributed by atoms with E-state index in [9.17, 15) is 69.4 Å². The second-order valence-electron chi connectivity index (χ2n) is 13.4. The van der Waals surface area contributed by atoms with Crippen molar-refractivity contribution >= 4 is 71.1 Å². The molecule has 1 aromatic heterocycles. The van der Waals surface area contributed by atoms with Gasteiger partial charge in [0.15, 0.2) is 11.4 Å². The van der Waals surface area contributed by atoms with Gasteiger partial charge in [0, 0.05) is 23.6 Å². The molecule has 6 aromatic rings. The second-order valence-corrected chi connectivity index (χ2v) is 16.2. The second kappa shape index (κ2) is 19.9. The molecule has 0 aliphatic carbocycles. The number of carbonyl (C=O) groups is 1. The maximum absolute atomic E-state index is 13.6. The van der Waals surface area contributed by atoms with Gasteiger partial charge >= 0.3 is 12.1 Å². The van der Waals surface area contributed by atoms with E-state index in [2.05, 4.69) is 35.8 Å². The van der Waals surface area contributed by atoms with Crippen LogP contribution < -0.4 is 14.2 Å². The number of aliphatic hydroxyl groups excluding tert-OH is 2. The number of aliphatic hydroxyl groups is 2. The lowest BCUT2D eigenvalue weighted by molar-refractivity contribution is -0.137. The van der Waals surface area contributed by atoms with E-state index in [0.717, 1.165) is 53.2 Å². The van der Waals surface area contributed by atoms with E-state index < -0.39 is 102 Å². The minimum absolute atomic E-state index is 0.0605. The molecule has 28 heteroatoms. The quantitative estimate of drug-likeness (QED) is 0.0322. The number of alkyl halides is 3. The number of halogens is 3. The van der Waals surface area contributed by atoms with Crippen LogP contribution in [0, 0.1) is 0 Å². The van der Waals surface area contributed by atoms with Crippen LogP contribution in [0.1, 0.15) is 11.3 Å². The molecule has 67 heavy (non-hydrogen) atoms. The molecule has 0 fully saturated rings. The molecule has 7 N–H and O–H groups in total. The summed E-state index contributed by atoms with van der Waals surface area (Å²) in [4.78, 5) is 9.98. The van der Waals surface area contributed by atoms with Crippen LogP contribution >= 0.6 is 0 Å². The van der Waals surface area contributed by atoms with Crippen molar-refractivity contribution < 1.29 is 83.7 Å². The van der Waals surface area contributed by atoms with Crippen molar-refractivity contribution in [2.75, 3.05) is 33.5 Å². The van der Waals surface area contributed by atoms with Crippen molar-refractivity contribution in [2.24, 2.45) is 30.7 Å². The van der Waals surface area contributed by atoms with Gasteiger partial charge in [-0.3, -0.25) is 13.9 Å². The van der Waals surface area contributed by atoms with Crippen molar-refractivity contribution in [3.8, 4) is 34.6 Å². The van der Waals surface area contributed by atoms with Crippen LogP contribution in [-0.4, -0.2) is 101 Å². The lowest BCUT2D eigenvalue weighted by atomic mass is 10.1. The Bertz CT molecular complexity index is 3200. The van der Waals surface area contributed by atoms with Crippen LogP contribution in [0.15, 0.2) is 119 Å². The number of ether oxygens (including phenoxy) is 3. The Kier molecular flexibility index (Phi) is 14.5. The summed E-state index contributed by atoms with van der Waals surface area (Å²) in [7, 11) is -8.87. The Labute approximate surface area is 374 Å². The molecular formula is C39H33F3N8O15S2. The van der Waals surface area contributed by atoms with Crippen molar-refractivity contribution in [2.45, 2.75) is 22.4 Å². The molecule has 0 bridgehead atoms. The Balaban J connectivity index is 1.44. The highest BCUT2D eigenvalue weighted by Crippen LogP contribution is 2.46. The monoisotopic (exact) mass is 974 g/mol. The number of carboxylic acids is 1. The lowest BCUT2D eigenvalue weighted by Crippen LogP contribution is -2.04. The highest BCUT2D eigenvalue weighted by Gasteiger charge is 2.33. The van der Waals surface area contributed by atoms with E-state index in [1.165, 1.54) is 37.4 Å². The zero-order chi connectivity index (χ0) is 48.8. The minimum Gasteiger partial charge on any atom is -0.505 e. The van der Waals surface area contributed by atoms with E-state index in [0.29, 0.717) is 0 Å². The van der Waals surface area contributed by atoms with Crippen molar-refractivity contribution in [3.63, 3.8) is 0 Å². The first kappa shape index (κ1) is 48.8. The third-order valence-corrected chi connectivity index (χ3v) is 10.7. The Morgan fingerprint density at radius 1 is 0.716 bits per heavy atom. The average Bonchev–Trinajstić information content (AvgIpc) is 3.57. The molecule has 0 aliphatic heterocycles. The summed E-state index contributed by atoms with van der Waals surface area (Å²) < 4.78 is 128. The Hall–Kier alpha value is -7.63. The first-order valence-corrected chi connectivity index (χ1v) is 21.5. The van der Waals surface area contributed by atoms with E-state index in [1.54, 1.807) is 0 Å². The first-order valence-electron chi connectivity index (χ1n) is 18.7. The van der Waals surface area contributed by atoms with E-state index in [1.807, 2.05) is 0 Å². The summed E-state index contributed by atoms with van der Waals surface area (Å²) in [6.45, 7) is -1.79. The molecule has 0 spiro atoms. The molecule has 0 aliphatic rings. The van der Waals surface area contributed by atoms with Gasteiger partial charge in [-0.2, -0.15) is 39.8 Å². The van der Waals surface area contributed by atoms with Crippen LogP contribution in [-0.2, 0) is 37.6 Å². The number of methoxy groups -OCH3 is 1. The number of aromatic nitrogens is 2. The highest BCUT2D eigenvalue weighted by molar-refractivity contribution is 7.86. The molecule has 0 saturated carbocycles. The van der Waals surface area contributed by atoms with Gasteiger partial charge in [-0.15, -0.1) is 30.7 Å². The number of azo groups is 3. The number of rotatable bonds is 18. The van der Waals surface area contributed by atoms with Gasteiger partial charge in [-0.1, -0.05) is 12.1 Å². The molecule has 0 radical (unpaired) electrons. The molecule has 5 aromatic carbocycles. The smallest absolute Gasteiger partial charge is 0.418 e. The fraction of sp³-hybridized carbons (Fsp3) is 0.179. The molecule has 1 heterocycles. The number of fused-ring (bicyclic) bond motifs is 1. The molecule has 352 valence electrons.